The zero-order valence-electron chi connectivity index (χ0n) is 12.9. The molecule has 1 fully saturated rings. The summed E-state index contributed by atoms with van der Waals surface area (Å²) >= 11 is 0. The van der Waals surface area contributed by atoms with Crippen LogP contribution in [0.1, 0.15) is 18.4 Å². The van der Waals surface area contributed by atoms with Crippen LogP contribution in [0.15, 0.2) is 24.3 Å². The zero-order valence-corrected chi connectivity index (χ0v) is 13.7. The molecule has 2 rings (SSSR count). The quantitative estimate of drug-likeness (QED) is 0.771. The Balaban J connectivity index is 1.89. The highest BCUT2D eigenvalue weighted by Crippen LogP contribution is 2.24. The minimum Gasteiger partial charge on any atom is -0.371 e. The minimum absolute atomic E-state index is 0.131. The highest BCUT2D eigenvalue weighted by molar-refractivity contribution is 7.89. The maximum Gasteiger partial charge on any atom is 0.214 e. The summed E-state index contributed by atoms with van der Waals surface area (Å²) in [6.07, 6.45) is 2.51. The Morgan fingerprint density at radius 3 is 2.52 bits per heavy atom. The van der Waals surface area contributed by atoms with E-state index in [1.54, 1.807) is 14.1 Å². The van der Waals surface area contributed by atoms with Crippen LogP contribution in [0.4, 0.5) is 5.69 Å². The third kappa shape index (κ3) is 4.43. The van der Waals surface area contributed by atoms with Crippen molar-refractivity contribution in [2.24, 2.45) is 0 Å². The van der Waals surface area contributed by atoms with E-state index >= 15 is 0 Å². The normalized spacial score (nSPS) is 15.9. The van der Waals surface area contributed by atoms with Crippen LogP contribution >= 0.6 is 0 Å². The number of para-hydroxylation sites is 1. The van der Waals surface area contributed by atoms with Crippen LogP contribution in [0.2, 0.25) is 0 Å². The molecule has 5 nitrogen and oxygen atoms in total. The van der Waals surface area contributed by atoms with Crippen molar-refractivity contribution in [2.45, 2.75) is 19.4 Å². The zero-order chi connectivity index (χ0) is 15.3. The number of benzene rings is 1. The summed E-state index contributed by atoms with van der Waals surface area (Å²) in [6.45, 7) is 3.41. The third-order valence-corrected chi connectivity index (χ3v) is 5.68. The topological polar surface area (TPSA) is 52.7 Å². The van der Waals surface area contributed by atoms with E-state index in [-0.39, 0.29) is 5.75 Å². The molecular weight excluding hydrogens is 286 g/mol. The van der Waals surface area contributed by atoms with Crippen LogP contribution < -0.4 is 10.2 Å². The summed E-state index contributed by atoms with van der Waals surface area (Å²) in [5.74, 6) is 0.131. The van der Waals surface area contributed by atoms with Crippen molar-refractivity contribution in [3.05, 3.63) is 29.8 Å². The largest absolute Gasteiger partial charge is 0.371 e. The fourth-order valence-electron chi connectivity index (χ4n) is 2.53. The van der Waals surface area contributed by atoms with E-state index in [4.69, 9.17) is 0 Å². The molecule has 1 saturated heterocycles. The van der Waals surface area contributed by atoms with E-state index < -0.39 is 10.0 Å². The number of sulfonamides is 1. The first-order chi connectivity index (χ1) is 10.0. The summed E-state index contributed by atoms with van der Waals surface area (Å²) in [5, 5.41) is 3.24. The number of nitrogens with zero attached hydrogens (tertiary/aromatic N) is 2. The lowest BCUT2D eigenvalue weighted by Crippen LogP contribution is -2.31. The molecule has 1 heterocycles. The first kappa shape index (κ1) is 16.3. The second kappa shape index (κ2) is 7.24. The summed E-state index contributed by atoms with van der Waals surface area (Å²) < 4.78 is 24.7. The summed E-state index contributed by atoms with van der Waals surface area (Å²) in [7, 11) is 0.0169. The van der Waals surface area contributed by atoms with Crippen molar-refractivity contribution >= 4 is 15.7 Å². The predicted octanol–water partition coefficient (Wildman–Crippen LogP) is 1.27. The van der Waals surface area contributed by atoms with Gasteiger partial charge in [0.25, 0.3) is 0 Å². The van der Waals surface area contributed by atoms with Crippen LogP contribution in [0.25, 0.3) is 0 Å². The van der Waals surface area contributed by atoms with Gasteiger partial charge in [0.05, 0.1) is 5.75 Å². The smallest absolute Gasteiger partial charge is 0.214 e. The molecule has 0 aromatic heterocycles. The Labute approximate surface area is 128 Å². The molecule has 0 amide bonds. The maximum atomic E-state index is 11.7. The molecule has 1 aromatic rings. The minimum atomic E-state index is -3.12. The number of anilines is 1. The predicted molar refractivity (Wildman–Crippen MR) is 87.1 cm³/mol. The Kier molecular flexibility index (Phi) is 5.61. The van der Waals surface area contributed by atoms with Gasteiger partial charge in [-0.1, -0.05) is 18.2 Å². The van der Waals surface area contributed by atoms with Crippen molar-refractivity contribution in [2.75, 3.05) is 44.4 Å². The SMILES string of the molecule is CN(C)S(=O)(=O)CCNCc1ccccc1N1CCCC1. The highest BCUT2D eigenvalue weighted by atomic mass is 32.2. The summed E-state index contributed by atoms with van der Waals surface area (Å²) in [6, 6.07) is 8.36. The molecule has 0 radical (unpaired) electrons. The molecular formula is C15H25N3O2S. The Bertz CT molecular complexity index is 552. The number of hydrogen-bond donors (Lipinski definition) is 1. The molecule has 1 aliphatic rings. The maximum absolute atomic E-state index is 11.7. The van der Waals surface area contributed by atoms with Gasteiger partial charge in [-0.15, -0.1) is 0 Å². The Morgan fingerprint density at radius 1 is 1.19 bits per heavy atom. The third-order valence-electron chi connectivity index (χ3n) is 3.85. The van der Waals surface area contributed by atoms with Gasteiger partial charge in [0, 0.05) is 46.0 Å². The van der Waals surface area contributed by atoms with Crippen LogP contribution in [0.5, 0.6) is 0 Å². The van der Waals surface area contributed by atoms with Gasteiger partial charge < -0.3 is 10.2 Å². The number of rotatable bonds is 7. The van der Waals surface area contributed by atoms with Gasteiger partial charge in [-0.3, -0.25) is 0 Å². The van der Waals surface area contributed by atoms with Gasteiger partial charge in [-0.25, -0.2) is 12.7 Å². The molecule has 1 aliphatic heterocycles. The van der Waals surface area contributed by atoms with Gasteiger partial charge in [0.15, 0.2) is 0 Å². The fourth-order valence-corrected chi connectivity index (χ4v) is 3.30. The molecule has 1 aromatic carbocycles. The molecule has 118 valence electrons. The lowest BCUT2D eigenvalue weighted by atomic mass is 10.1. The van der Waals surface area contributed by atoms with E-state index in [0.717, 1.165) is 13.1 Å². The van der Waals surface area contributed by atoms with Gasteiger partial charge in [-0.05, 0) is 24.5 Å². The van der Waals surface area contributed by atoms with E-state index in [2.05, 4.69) is 28.4 Å². The van der Waals surface area contributed by atoms with E-state index in [1.807, 2.05) is 6.07 Å². The van der Waals surface area contributed by atoms with Gasteiger partial charge in [-0.2, -0.15) is 0 Å². The fraction of sp³-hybridized carbons (Fsp3) is 0.600. The summed E-state index contributed by atoms with van der Waals surface area (Å²) in [5.41, 5.74) is 2.51. The van der Waals surface area contributed by atoms with Crippen molar-refractivity contribution < 1.29 is 8.42 Å². The molecule has 0 bridgehead atoms. The molecule has 0 unspecified atom stereocenters. The van der Waals surface area contributed by atoms with Gasteiger partial charge >= 0.3 is 0 Å². The first-order valence-electron chi connectivity index (χ1n) is 7.44. The van der Waals surface area contributed by atoms with E-state index in [1.165, 1.54) is 28.4 Å². The highest BCUT2D eigenvalue weighted by Gasteiger charge is 2.16. The van der Waals surface area contributed by atoms with Gasteiger partial charge in [0.1, 0.15) is 0 Å². The monoisotopic (exact) mass is 311 g/mol. The van der Waals surface area contributed by atoms with Crippen LogP contribution in [-0.2, 0) is 16.6 Å². The molecule has 1 N–H and O–H groups in total. The second-order valence-electron chi connectivity index (χ2n) is 5.60. The number of nitrogens with one attached hydrogen (secondary N) is 1. The standard InChI is InChI=1S/C15H25N3O2S/c1-17(2)21(19,20)12-9-16-13-14-7-3-4-8-15(14)18-10-5-6-11-18/h3-4,7-8,16H,5-6,9-13H2,1-2H3. The van der Waals surface area contributed by atoms with E-state index in [0.29, 0.717) is 13.1 Å². The molecule has 0 atom stereocenters. The first-order valence-corrected chi connectivity index (χ1v) is 9.05. The molecule has 0 spiro atoms. The number of hydrogen-bond acceptors (Lipinski definition) is 4. The van der Waals surface area contributed by atoms with E-state index in [9.17, 15) is 8.42 Å². The Morgan fingerprint density at radius 2 is 1.86 bits per heavy atom. The van der Waals surface area contributed by atoms with Crippen molar-refractivity contribution in [3.63, 3.8) is 0 Å². The average Bonchev–Trinajstić information content (AvgIpc) is 2.98. The van der Waals surface area contributed by atoms with Crippen molar-refractivity contribution in [3.8, 4) is 0 Å². The molecule has 0 aliphatic carbocycles. The van der Waals surface area contributed by atoms with Crippen LogP contribution in [0, 0.1) is 0 Å². The second-order valence-corrected chi connectivity index (χ2v) is 7.90. The van der Waals surface area contributed by atoms with Crippen LogP contribution in [-0.4, -0.2) is 52.2 Å². The van der Waals surface area contributed by atoms with Crippen molar-refractivity contribution in [1.29, 1.82) is 0 Å². The molecule has 0 saturated carbocycles. The molecule has 6 heteroatoms. The average molecular weight is 311 g/mol. The van der Waals surface area contributed by atoms with Crippen LogP contribution in [0.3, 0.4) is 0 Å². The summed E-state index contributed by atoms with van der Waals surface area (Å²) in [4.78, 5) is 2.41. The van der Waals surface area contributed by atoms with Crippen molar-refractivity contribution in [1.82, 2.24) is 9.62 Å². The lowest BCUT2D eigenvalue weighted by Gasteiger charge is -2.21. The lowest BCUT2D eigenvalue weighted by molar-refractivity contribution is 0.517. The molecule has 21 heavy (non-hydrogen) atoms. The van der Waals surface area contributed by atoms with Gasteiger partial charge in [0.2, 0.25) is 10.0 Å². The Hall–Kier alpha value is -1.11.